The molecule has 0 atom stereocenters. The van der Waals surface area contributed by atoms with Gasteiger partial charge in [0.25, 0.3) is 11.8 Å². The summed E-state index contributed by atoms with van der Waals surface area (Å²) in [5.74, 6) is -0.463. The smallest absolute Gasteiger partial charge is 0.279 e. The number of nitrogens with one attached hydrogen (secondary N) is 2. The zero-order chi connectivity index (χ0) is 21.1. The fraction of sp³-hybridized carbons (Fsp3) is 0.0952. The number of imidazole rings is 1. The molecule has 0 aliphatic rings. The van der Waals surface area contributed by atoms with Gasteiger partial charge in [-0.2, -0.15) is 0 Å². The highest BCUT2D eigenvalue weighted by atomic mass is 79.9. The Kier molecular flexibility index (Phi) is 5.82. The van der Waals surface area contributed by atoms with Crippen molar-refractivity contribution < 1.29 is 14.3 Å². The van der Waals surface area contributed by atoms with E-state index in [4.69, 9.17) is 4.74 Å². The van der Waals surface area contributed by atoms with E-state index in [0.29, 0.717) is 16.2 Å². The molecule has 9 heteroatoms. The summed E-state index contributed by atoms with van der Waals surface area (Å²) < 4.78 is 8.62. The summed E-state index contributed by atoms with van der Waals surface area (Å²) in [6.45, 7) is 2.21. The van der Waals surface area contributed by atoms with Crippen molar-refractivity contribution in [1.29, 1.82) is 0 Å². The standard InChI is InChI=1S/C21H17BrN4O3S/c1-13-5-4-10-26-11-14(23-19(13)26)12-29-16-7-3-2-6-15(16)20(27)24-25-21(28)17-8-9-18(22)30-17/h2-11H,12H2,1H3,(H,24,27)(H,25,28). The Bertz CT molecular complexity index is 1230. The minimum atomic E-state index is -0.472. The molecule has 0 aliphatic carbocycles. The van der Waals surface area contributed by atoms with E-state index < -0.39 is 11.8 Å². The van der Waals surface area contributed by atoms with Gasteiger partial charge < -0.3 is 9.14 Å². The van der Waals surface area contributed by atoms with Crippen LogP contribution >= 0.6 is 27.3 Å². The fourth-order valence-electron chi connectivity index (χ4n) is 2.88. The Morgan fingerprint density at radius 3 is 2.67 bits per heavy atom. The average molecular weight is 485 g/mol. The number of nitrogens with zero attached hydrogens (tertiary/aromatic N) is 2. The van der Waals surface area contributed by atoms with E-state index in [1.165, 1.54) is 11.3 Å². The van der Waals surface area contributed by atoms with Crippen LogP contribution in [0.4, 0.5) is 0 Å². The van der Waals surface area contributed by atoms with Gasteiger partial charge in [0.15, 0.2) is 0 Å². The Balaban J connectivity index is 1.43. The number of hydrogen-bond donors (Lipinski definition) is 2. The molecule has 2 amide bonds. The van der Waals surface area contributed by atoms with E-state index in [0.717, 1.165) is 20.7 Å². The van der Waals surface area contributed by atoms with Gasteiger partial charge in [-0.15, -0.1) is 11.3 Å². The van der Waals surface area contributed by atoms with Gasteiger partial charge in [0.2, 0.25) is 0 Å². The van der Waals surface area contributed by atoms with Gasteiger partial charge >= 0.3 is 0 Å². The van der Waals surface area contributed by atoms with E-state index in [1.807, 2.05) is 35.9 Å². The molecule has 4 rings (SSSR count). The lowest BCUT2D eigenvalue weighted by molar-refractivity contribution is 0.0846. The summed E-state index contributed by atoms with van der Waals surface area (Å²) in [5.41, 5.74) is 7.83. The van der Waals surface area contributed by atoms with Gasteiger partial charge in [0.1, 0.15) is 18.0 Å². The minimum absolute atomic E-state index is 0.209. The SMILES string of the molecule is Cc1cccn2cc(COc3ccccc3C(=O)NNC(=O)c3ccc(Br)s3)nc12. The maximum atomic E-state index is 12.6. The molecule has 152 valence electrons. The number of hydrazine groups is 1. The lowest BCUT2D eigenvalue weighted by Crippen LogP contribution is -2.41. The first-order chi connectivity index (χ1) is 14.5. The van der Waals surface area contributed by atoms with E-state index in [2.05, 4.69) is 31.8 Å². The predicted octanol–water partition coefficient (Wildman–Crippen LogP) is 4.12. The van der Waals surface area contributed by atoms with Crippen molar-refractivity contribution in [2.75, 3.05) is 0 Å². The van der Waals surface area contributed by atoms with Crippen molar-refractivity contribution in [2.45, 2.75) is 13.5 Å². The predicted molar refractivity (Wildman–Crippen MR) is 118 cm³/mol. The van der Waals surface area contributed by atoms with Gasteiger partial charge in [-0.25, -0.2) is 4.98 Å². The number of pyridine rings is 1. The van der Waals surface area contributed by atoms with Gasteiger partial charge in [0.05, 0.1) is 19.9 Å². The van der Waals surface area contributed by atoms with Crippen LogP contribution in [0.15, 0.2) is 64.7 Å². The van der Waals surface area contributed by atoms with E-state index in [1.54, 1.807) is 36.4 Å². The third-order valence-electron chi connectivity index (χ3n) is 4.32. The second-order valence-corrected chi connectivity index (χ2v) is 8.91. The molecule has 0 unspecified atom stereocenters. The number of fused-ring (bicyclic) bond motifs is 1. The van der Waals surface area contributed by atoms with Crippen LogP contribution in [0.1, 0.15) is 31.3 Å². The molecule has 0 fully saturated rings. The summed E-state index contributed by atoms with van der Waals surface area (Å²) in [6, 6.07) is 14.2. The number of thiophene rings is 1. The maximum absolute atomic E-state index is 12.6. The number of ether oxygens (including phenoxy) is 1. The second-order valence-electron chi connectivity index (χ2n) is 6.45. The first-order valence-electron chi connectivity index (χ1n) is 9.02. The molecule has 0 aliphatic heterocycles. The number of halogens is 1. The van der Waals surface area contributed by atoms with Crippen LogP contribution in [0.5, 0.6) is 5.75 Å². The molecule has 3 aromatic heterocycles. The van der Waals surface area contributed by atoms with Crippen molar-refractivity contribution in [2.24, 2.45) is 0 Å². The molecular formula is C21H17BrN4O3S. The summed E-state index contributed by atoms with van der Waals surface area (Å²) in [6.07, 6.45) is 3.82. The Hall–Kier alpha value is -3.17. The molecule has 0 radical (unpaired) electrons. The molecule has 0 spiro atoms. The highest BCUT2D eigenvalue weighted by molar-refractivity contribution is 9.11. The van der Waals surface area contributed by atoms with Crippen LogP contribution in [0.2, 0.25) is 0 Å². The van der Waals surface area contributed by atoms with E-state index in [-0.39, 0.29) is 6.61 Å². The third kappa shape index (κ3) is 4.37. The first kappa shape index (κ1) is 20.1. The van der Waals surface area contributed by atoms with E-state index >= 15 is 0 Å². The molecule has 7 nitrogen and oxygen atoms in total. The average Bonchev–Trinajstić information content (AvgIpc) is 3.37. The summed E-state index contributed by atoms with van der Waals surface area (Å²) in [7, 11) is 0. The lowest BCUT2D eigenvalue weighted by atomic mass is 10.2. The van der Waals surface area contributed by atoms with Crippen LogP contribution in [0, 0.1) is 6.92 Å². The highest BCUT2D eigenvalue weighted by Crippen LogP contribution is 2.22. The van der Waals surface area contributed by atoms with Gasteiger partial charge in [-0.1, -0.05) is 18.2 Å². The number of carbonyl (C=O) groups is 2. The zero-order valence-electron chi connectivity index (χ0n) is 15.9. The number of carbonyl (C=O) groups excluding carboxylic acids is 2. The molecule has 0 saturated heterocycles. The third-order valence-corrected chi connectivity index (χ3v) is 5.94. The van der Waals surface area contributed by atoms with Crippen LogP contribution in [0.3, 0.4) is 0 Å². The normalized spacial score (nSPS) is 10.7. The molecule has 0 saturated carbocycles. The first-order valence-corrected chi connectivity index (χ1v) is 10.6. The van der Waals surface area contributed by atoms with Gasteiger partial charge in [-0.3, -0.25) is 20.4 Å². The monoisotopic (exact) mass is 484 g/mol. The van der Waals surface area contributed by atoms with Crippen LogP contribution in [-0.2, 0) is 6.61 Å². The summed E-state index contributed by atoms with van der Waals surface area (Å²) >= 11 is 4.58. The quantitative estimate of drug-likeness (QED) is 0.417. The summed E-state index contributed by atoms with van der Waals surface area (Å²) in [4.78, 5) is 29.8. The van der Waals surface area contributed by atoms with Crippen LogP contribution in [0.25, 0.3) is 5.65 Å². The minimum Gasteiger partial charge on any atom is -0.486 e. The number of amides is 2. The molecule has 0 bridgehead atoms. The Morgan fingerprint density at radius 1 is 1.10 bits per heavy atom. The van der Waals surface area contributed by atoms with Crippen LogP contribution < -0.4 is 15.6 Å². The largest absolute Gasteiger partial charge is 0.486 e. The Morgan fingerprint density at radius 2 is 1.90 bits per heavy atom. The number of benzene rings is 1. The number of hydrogen-bond acceptors (Lipinski definition) is 5. The van der Waals surface area contributed by atoms with Crippen LogP contribution in [-0.4, -0.2) is 21.2 Å². The number of aryl methyl sites for hydroxylation is 1. The van der Waals surface area contributed by atoms with Crippen molar-refractivity contribution in [3.05, 3.63) is 86.4 Å². The number of rotatable bonds is 5. The molecule has 30 heavy (non-hydrogen) atoms. The Labute approximate surface area is 184 Å². The van der Waals surface area contributed by atoms with Gasteiger partial charge in [0, 0.05) is 12.4 Å². The zero-order valence-corrected chi connectivity index (χ0v) is 18.3. The number of para-hydroxylation sites is 1. The van der Waals surface area contributed by atoms with Crippen molar-refractivity contribution in [3.63, 3.8) is 0 Å². The molecule has 1 aromatic carbocycles. The van der Waals surface area contributed by atoms with E-state index in [9.17, 15) is 9.59 Å². The van der Waals surface area contributed by atoms with Crippen molar-refractivity contribution >= 4 is 44.7 Å². The maximum Gasteiger partial charge on any atom is 0.279 e. The van der Waals surface area contributed by atoms with Crippen molar-refractivity contribution in [1.82, 2.24) is 20.2 Å². The summed E-state index contributed by atoms with van der Waals surface area (Å²) in [5, 5.41) is 0. The topological polar surface area (TPSA) is 84.7 Å². The molecule has 4 aromatic rings. The number of aromatic nitrogens is 2. The molecule has 3 heterocycles. The van der Waals surface area contributed by atoms with Gasteiger partial charge in [-0.05, 0) is 58.7 Å². The highest BCUT2D eigenvalue weighted by Gasteiger charge is 2.15. The fourth-order valence-corrected chi connectivity index (χ4v) is 4.17. The second kappa shape index (κ2) is 8.68. The lowest BCUT2D eigenvalue weighted by Gasteiger charge is -2.11. The molecular weight excluding hydrogens is 468 g/mol. The molecule has 2 N–H and O–H groups in total. The van der Waals surface area contributed by atoms with Crippen molar-refractivity contribution in [3.8, 4) is 5.75 Å².